The third-order valence-electron chi connectivity index (χ3n) is 1.32. The van der Waals surface area contributed by atoms with Gasteiger partial charge in [0, 0.05) is 5.03 Å². The summed E-state index contributed by atoms with van der Waals surface area (Å²) in [7, 11) is 0. The van der Waals surface area contributed by atoms with Gasteiger partial charge in [-0.2, -0.15) is 0 Å². The average molecular weight is 171 g/mol. The minimum atomic E-state index is 0.851. The molecule has 11 heavy (non-hydrogen) atoms. The zero-order valence-electron chi connectivity index (χ0n) is 7.39. The number of halogens is 1. The Morgan fingerprint density at radius 1 is 1.36 bits per heavy atom. The highest BCUT2D eigenvalue weighted by atomic mass is 35.5. The molecule has 1 aliphatic carbocycles. The Morgan fingerprint density at radius 3 is 2.64 bits per heavy atom. The predicted octanol–water partition coefficient (Wildman–Crippen LogP) is 4.04. The first-order chi connectivity index (χ1) is 5.30. The lowest BCUT2D eigenvalue weighted by atomic mass is 10.2. The van der Waals surface area contributed by atoms with Gasteiger partial charge in [-0.1, -0.05) is 43.7 Å². The molecule has 0 nitrogen and oxygen atoms in total. The lowest BCUT2D eigenvalue weighted by Crippen LogP contribution is -1.71. The second-order valence-electron chi connectivity index (χ2n) is 2.07. The summed E-state index contributed by atoms with van der Waals surface area (Å²) in [6.07, 6.45) is 9.09. The topological polar surface area (TPSA) is 0 Å². The van der Waals surface area contributed by atoms with E-state index in [2.05, 4.69) is 12.2 Å². The molecule has 0 atom stereocenters. The van der Waals surface area contributed by atoms with Crippen molar-refractivity contribution in [3.8, 4) is 0 Å². The van der Waals surface area contributed by atoms with E-state index in [4.69, 9.17) is 11.6 Å². The van der Waals surface area contributed by atoms with Crippen LogP contribution in [0.2, 0.25) is 0 Å². The molecule has 1 rings (SSSR count). The van der Waals surface area contributed by atoms with Crippen LogP contribution in [-0.2, 0) is 0 Å². The van der Waals surface area contributed by atoms with Crippen LogP contribution in [0.25, 0.3) is 0 Å². The minimum absolute atomic E-state index is 0.851. The molecule has 0 fully saturated rings. The fourth-order valence-corrected chi connectivity index (χ4v) is 0.855. The Kier molecular flexibility index (Phi) is 5.96. The van der Waals surface area contributed by atoms with E-state index in [1.54, 1.807) is 0 Å². The normalized spacial score (nSPS) is 15.6. The van der Waals surface area contributed by atoms with Crippen LogP contribution >= 0.6 is 11.6 Å². The van der Waals surface area contributed by atoms with E-state index in [0.29, 0.717) is 0 Å². The van der Waals surface area contributed by atoms with Gasteiger partial charge >= 0.3 is 0 Å². The van der Waals surface area contributed by atoms with E-state index in [0.717, 1.165) is 11.5 Å². The van der Waals surface area contributed by atoms with E-state index in [-0.39, 0.29) is 0 Å². The Labute approximate surface area is 74.3 Å². The van der Waals surface area contributed by atoms with Gasteiger partial charge in [-0.05, 0) is 25.0 Å². The first-order valence-corrected chi connectivity index (χ1v) is 4.38. The summed E-state index contributed by atoms with van der Waals surface area (Å²) >= 11 is 5.81. The maximum atomic E-state index is 5.81. The molecule has 1 heteroatoms. The fourth-order valence-electron chi connectivity index (χ4n) is 0.705. The van der Waals surface area contributed by atoms with Gasteiger partial charge in [0.15, 0.2) is 0 Å². The van der Waals surface area contributed by atoms with E-state index in [1.165, 1.54) is 5.57 Å². The van der Waals surface area contributed by atoms with Crippen LogP contribution in [0.5, 0.6) is 0 Å². The maximum Gasteiger partial charge on any atom is 0.0431 e. The van der Waals surface area contributed by atoms with Crippen molar-refractivity contribution in [1.82, 2.24) is 0 Å². The molecule has 0 aromatic rings. The number of rotatable bonds is 0. The zero-order valence-corrected chi connectivity index (χ0v) is 8.15. The first-order valence-electron chi connectivity index (χ1n) is 4.00. The molecule has 0 N–H and O–H groups in total. The van der Waals surface area contributed by atoms with Crippen LogP contribution in [-0.4, -0.2) is 0 Å². The molecule has 0 spiro atoms. The van der Waals surface area contributed by atoms with Crippen LogP contribution < -0.4 is 0 Å². The Balaban J connectivity index is 0.000000461. The van der Waals surface area contributed by atoms with Gasteiger partial charge in [0.05, 0.1) is 0 Å². The standard InChI is InChI=1S/C8H9Cl.C2H6/c1-7-5-3-2-4-6-8(7)9;1-2/h2,4-6H,3H2,1H3;1-2H3. The van der Waals surface area contributed by atoms with Crippen LogP contribution in [0, 0.1) is 0 Å². The lowest BCUT2D eigenvalue weighted by molar-refractivity contribution is 1.34. The van der Waals surface area contributed by atoms with Gasteiger partial charge in [0.1, 0.15) is 0 Å². The minimum Gasteiger partial charge on any atom is -0.0841 e. The second-order valence-corrected chi connectivity index (χ2v) is 2.47. The van der Waals surface area contributed by atoms with Crippen LogP contribution in [0.4, 0.5) is 0 Å². The van der Waals surface area contributed by atoms with Crippen molar-refractivity contribution in [3.63, 3.8) is 0 Å². The van der Waals surface area contributed by atoms with Crippen molar-refractivity contribution in [2.24, 2.45) is 0 Å². The molecule has 0 aromatic carbocycles. The number of allylic oxidation sites excluding steroid dienone is 6. The highest BCUT2D eigenvalue weighted by Gasteiger charge is 1.94. The van der Waals surface area contributed by atoms with Crippen LogP contribution in [0.3, 0.4) is 0 Å². The molecule has 0 bridgehead atoms. The predicted molar refractivity (Wildman–Crippen MR) is 52.8 cm³/mol. The maximum absolute atomic E-state index is 5.81. The van der Waals surface area contributed by atoms with Gasteiger partial charge < -0.3 is 0 Å². The molecule has 0 aromatic heterocycles. The van der Waals surface area contributed by atoms with E-state index < -0.39 is 0 Å². The monoisotopic (exact) mass is 170 g/mol. The van der Waals surface area contributed by atoms with E-state index >= 15 is 0 Å². The summed E-state index contributed by atoms with van der Waals surface area (Å²) in [5.41, 5.74) is 1.17. The molecule has 0 saturated carbocycles. The Bertz CT molecular complexity index is 185. The summed E-state index contributed by atoms with van der Waals surface area (Å²) in [4.78, 5) is 0. The molecule has 1 aliphatic rings. The van der Waals surface area contributed by atoms with Crippen molar-refractivity contribution in [3.05, 3.63) is 34.9 Å². The summed E-state index contributed by atoms with van der Waals surface area (Å²) in [5.74, 6) is 0. The van der Waals surface area contributed by atoms with E-state index in [1.807, 2.05) is 32.9 Å². The van der Waals surface area contributed by atoms with Crippen molar-refractivity contribution in [1.29, 1.82) is 0 Å². The van der Waals surface area contributed by atoms with Gasteiger partial charge in [-0.15, -0.1) is 0 Å². The summed E-state index contributed by atoms with van der Waals surface area (Å²) in [6.45, 7) is 6.02. The van der Waals surface area contributed by atoms with Gasteiger partial charge in [-0.25, -0.2) is 0 Å². The third kappa shape index (κ3) is 4.05. The SMILES string of the molecule is CC.CC1=CCC=CC=C1Cl. The fraction of sp³-hybridized carbons (Fsp3) is 0.400. The van der Waals surface area contributed by atoms with Gasteiger partial charge in [-0.3, -0.25) is 0 Å². The molecular weight excluding hydrogens is 156 g/mol. The van der Waals surface area contributed by atoms with Crippen LogP contribution in [0.15, 0.2) is 34.9 Å². The average Bonchev–Trinajstić information content (AvgIpc) is 2.22. The molecule has 0 aliphatic heterocycles. The summed E-state index contributed by atoms with van der Waals surface area (Å²) < 4.78 is 0. The molecule has 0 unspecified atom stereocenters. The first kappa shape index (κ1) is 10.5. The highest BCUT2D eigenvalue weighted by Crippen LogP contribution is 2.16. The Morgan fingerprint density at radius 2 is 2.00 bits per heavy atom. The molecule has 0 saturated heterocycles. The number of hydrogen-bond acceptors (Lipinski definition) is 0. The quantitative estimate of drug-likeness (QED) is 0.515. The molecule has 0 amide bonds. The summed E-state index contributed by atoms with van der Waals surface area (Å²) in [6, 6.07) is 0. The van der Waals surface area contributed by atoms with Crippen molar-refractivity contribution < 1.29 is 0 Å². The largest absolute Gasteiger partial charge is 0.0841 e. The third-order valence-corrected chi connectivity index (χ3v) is 1.74. The molecule has 0 heterocycles. The molecular formula is C10H15Cl. The smallest absolute Gasteiger partial charge is 0.0431 e. The highest BCUT2D eigenvalue weighted by molar-refractivity contribution is 6.32. The van der Waals surface area contributed by atoms with Crippen molar-refractivity contribution in [2.45, 2.75) is 27.2 Å². The van der Waals surface area contributed by atoms with Gasteiger partial charge in [0.2, 0.25) is 0 Å². The van der Waals surface area contributed by atoms with E-state index in [9.17, 15) is 0 Å². The number of hydrogen-bond donors (Lipinski definition) is 0. The molecule has 62 valence electrons. The Hall–Kier alpha value is -0.490. The van der Waals surface area contributed by atoms with Crippen molar-refractivity contribution in [2.75, 3.05) is 0 Å². The van der Waals surface area contributed by atoms with Gasteiger partial charge in [0.25, 0.3) is 0 Å². The zero-order chi connectivity index (χ0) is 8.69. The van der Waals surface area contributed by atoms with Crippen molar-refractivity contribution >= 4 is 11.6 Å². The second kappa shape index (κ2) is 6.23. The van der Waals surface area contributed by atoms with Crippen LogP contribution in [0.1, 0.15) is 27.2 Å². The summed E-state index contributed by atoms with van der Waals surface area (Å²) in [5, 5.41) is 0.851. The molecule has 0 radical (unpaired) electrons. The lowest BCUT2D eigenvalue weighted by Gasteiger charge is -1.92.